The molecule has 2 aromatic rings. The van der Waals surface area contributed by atoms with Gasteiger partial charge in [0.15, 0.2) is 5.05 Å². The summed E-state index contributed by atoms with van der Waals surface area (Å²) in [6.07, 6.45) is 2.33. The number of carbonyl (C=O) groups excluding carboxylic acids is 1. The zero-order valence-corrected chi connectivity index (χ0v) is 16.3. The lowest BCUT2D eigenvalue weighted by atomic mass is 10.1. The molecular formula is C19H19BrFNO2S. The second kappa shape index (κ2) is 9.63. The smallest absolute Gasteiger partial charge is 0.255 e. The molecule has 0 aliphatic heterocycles. The van der Waals surface area contributed by atoms with E-state index < -0.39 is 5.82 Å². The molecule has 0 atom stereocenters. The first-order valence-electron chi connectivity index (χ1n) is 8.01. The number of unbranched alkanes of at least 4 members (excludes halogenated alkanes) is 1. The van der Waals surface area contributed by atoms with Crippen LogP contribution in [-0.2, 0) is 11.2 Å². The van der Waals surface area contributed by atoms with Crippen molar-refractivity contribution in [1.82, 2.24) is 0 Å². The maximum atomic E-state index is 14.2. The van der Waals surface area contributed by atoms with Crippen LogP contribution in [0.15, 0.2) is 46.9 Å². The van der Waals surface area contributed by atoms with Gasteiger partial charge in [-0.15, -0.1) is 0 Å². The molecule has 2 rings (SSSR count). The summed E-state index contributed by atoms with van der Waals surface area (Å²) in [4.78, 5) is 12.2. The van der Waals surface area contributed by atoms with Gasteiger partial charge in [-0.25, -0.2) is 4.39 Å². The van der Waals surface area contributed by atoms with Crippen LogP contribution in [0.1, 0.15) is 35.7 Å². The molecule has 0 spiro atoms. The summed E-state index contributed by atoms with van der Waals surface area (Å²) in [7, 11) is 0. The molecule has 1 N–H and O–H groups in total. The van der Waals surface area contributed by atoms with E-state index in [0.717, 1.165) is 18.4 Å². The van der Waals surface area contributed by atoms with Gasteiger partial charge in [-0.2, -0.15) is 0 Å². The summed E-state index contributed by atoms with van der Waals surface area (Å²) in [6.45, 7) is 2.65. The molecule has 0 aliphatic rings. The quantitative estimate of drug-likeness (QED) is 0.470. The average Bonchev–Trinajstić information content (AvgIpc) is 2.60. The molecule has 2 aromatic carbocycles. The van der Waals surface area contributed by atoms with E-state index in [1.165, 1.54) is 6.07 Å². The number of halogens is 2. The molecule has 0 bridgehead atoms. The lowest BCUT2D eigenvalue weighted by Crippen LogP contribution is -2.14. The molecule has 3 nitrogen and oxygen atoms in total. The number of benzene rings is 2. The zero-order chi connectivity index (χ0) is 18.2. The van der Waals surface area contributed by atoms with Crippen LogP contribution in [0.5, 0.6) is 0 Å². The Labute approximate surface area is 160 Å². The highest BCUT2D eigenvalue weighted by molar-refractivity contribution is 9.10. The van der Waals surface area contributed by atoms with Crippen LogP contribution in [0, 0.1) is 5.82 Å². The second-order valence-corrected chi connectivity index (χ2v) is 6.80. The van der Waals surface area contributed by atoms with E-state index in [4.69, 9.17) is 17.0 Å². The van der Waals surface area contributed by atoms with E-state index in [9.17, 15) is 9.18 Å². The Morgan fingerprint density at radius 3 is 2.68 bits per heavy atom. The monoisotopic (exact) mass is 423 g/mol. The van der Waals surface area contributed by atoms with Gasteiger partial charge in [0.05, 0.1) is 12.3 Å². The van der Waals surface area contributed by atoms with Crippen molar-refractivity contribution in [2.75, 3.05) is 11.9 Å². The fraction of sp³-hybridized carbons (Fsp3) is 0.263. The van der Waals surface area contributed by atoms with E-state index in [0.29, 0.717) is 28.1 Å². The minimum atomic E-state index is -0.516. The molecule has 0 aliphatic carbocycles. The molecule has 0 unspecified atom stereocenters. The Kier molecular flexibility index (Phi) is 7.52. The zero-order valence-electron chi connectivity index (χ0n) is 13.9. The molecule has 25 heavy (non-hydrogen) atoms. The maximum absolute atomic E-state index is 14.2. The highest BCUT2D eigenvalue weighted by Crippen LogP contribution is 2.26. The van der Waals surface area contributed by atoms with Gasteiger partial charge in [0.25, 0.3) is 5.91 Å². The highest BCUT2D eigenvalue weighted by Gasteiger charge is 2.14. The number of hydrogen-bond donors (Lipinski definition) is 1. The number of nitrogens with one attached hydrogen (secondary N) is 1. The summed E-state index contributed by atoms with van der Waals surface area (Å²) >= 11 is 8.56. The standard InChI is InChI=1S/C19H19BrFNO2S/c1-2-3-9-24-18(25)11-14-10-17(16(21)12-15(14)20)22-19(23)13-7-5-4-6-8-13/h4-8,10,12H,2-3,9,11H2,1H3,(H,22,23). The lowest BCUT2D eigenvalue weighted by molar-refractivity contribution is 0.102. The molecule has 0 radical (unpaired) electrons. The fourth-order valence-electron chi connectivity index (χ4n) is 2.15. The first kappa shape index (κ1) is 19.5. The topological polar surface area (TPSA) is 38.3 Å². The largest absolute Gasteiger partial charge is 0.487 e. The van der Waals surface area contributed by atoms with Gasteiger partial charge >= 0.3 is 0 Å². The van der Waals surface area contributed by atoms with Crippen molar-refractivity contribution in [1.29, 1.82) is 0 Å². The van der Waals surface area contributed by atoms with Crippen molar-refractivity contribution in [3.8, 4) is 0 Å². The Hall–Kier alpha value is -1.79. The van der Waals surface area contributed by atoms with Crippen LogP contribution in [0.3, 0.4) is 0 Å². The van der Waals surface area contributed by atoms with Gasteiger partial charge in [0.1, 0.15) is 5.82 Å². The van der Waals surface area contributed by atoms with Crippen molar-refractivity contribution >= 4 is 44.8 Å². The Bertz CT molecular complexity index is 753. The van der Waals surface area contributed by atoms with Crippen molar-refractivity contribution < 1.29 is 13.9 Å². The number of carbonyl (C=O) groups is 1. The second-order valence-electron chi connectivity index (χ2n) is 5.49. The van der Waals surface area contributed by atoms with Gasteiger partial charge in [-0.3, -0.25) is 4.79 Å². The number of thiocarbonyl (C=S) groups is 1. The summed E-state index contributed by atoms with van der Waals surface area (Å²) < 4.78 is 20.3. The van der Waals surface area contributed by atoms with Crippen LogP contribution >= 0.6 is 28.1 Å². The minimum Gasteiger partial charge on any atom is -0.487 e. The third-order valence-electron chi connectivity index (χ3n) is 3.52. The Morgan fingerprint density at radius 1 is 1.28 bits per heavy atom. The third-order valence-corrected chi connectivity index (χ3v) is 4.52. The highest BCUT2D eigenvalue weighted by atomic mass is 79.9. The van der Waals surface area contributed by atoms with Crippen molar-refractivity contribution in [2.45, 2.75) is 26.2 Å². The number of rotatable bonds is 7. The third kappa shape index (κ3) is 5.90. The number of amides is 1. The van der Waals surface area contributed by atoms with Crippen LogP contribution in [0.4, 0.5) is 10.1 Å². The summed E-state index contributed by atoms with van der Waals surface area (Å²) in [5, 5.41) is 3.05. The van der Waals surface area contributed by atoms with E-state index >= 15 is 0 Å². The molecule has 0 saturated heterocycles. The predicted octanol–water partition coefficient (Wildman–Crippen LogP) is 5.53. The predicted molar refractivity (Wildman–Crippen MR) is 106 cm³/mol. The molecule has 6 heteroatoms. The minimum absolute atomic E-state index is 0.114. The average molecular weight is 424 g/mol. The van der Waals surface area contributed by atoms with Crippen LogP contribution in [0.2, 0.25) is 0 Å². The van der Waals surface area contributed by atoms with E-state index in [1.807, 2.05) is 6.07 Å². The molecule has 0 saturated carbocycles. The molecule has 0 fully saturated rings. The first-order chi connectivity index (χ1) is 12.0. The Balaban J connectivity index is 2.11. The van der Waals surface area contributed by atoms with Gasteiger partial charge in [-0.1, -0.05) is 47.5 Å². The lowest BCUT2D eigenvalue weighted by Gasteiger charge is -2.12. The van der Waals surface area contributed by atoms with Gasteiger partial charge in [0, 0.05) is 16.5 Å². The molecule has 0 aromatic heterocycles. The van der Waals surface area contributed by atoms with Crippen molar-refractivity contribution in [3.05, 3.63) is 63.9 Å². The van der Waals surface area contributed by atoms with Gasteiger partial charge in [0.2, 0.25) is 0 Å². The van der Waals surface area contributed by atoms with Crippen LogP contribution in [0.25, 0.3) is 0 Å². The fourth-order valence-corrected chi connectivity index (χ4v) is 2.84. The summed E-state index contributed by atoms with van der Waals surface area (Å²) in [5.74, 6) is -0.882. The van der Waals surface area contributed by atoms with Gasteiger partial charge in [-0.05, 0) is 48.5 Å². The normalized spacial score (nSPS) is 10.4. The molecule has 1 amide bonds. The maximum Gasteiger partial charge on any atom is 0.255 e. The first-order valence-corrected chi connectivity index (χ1v) is 9.21. The van der Waals surface area contributed by atoms with Crippen LogP contribution in [-0.4, -0.2) is 17.6 Å². The van der Waals surface area contributed by atoms with Crippen molar-refractivity contribution in [3.63, 3.8) is 0 Å². The number of anilines is 1. The molecule has 132 valence electrons. The Morgan fingerprint density at radius 2 is 2.00 bits per heavy atom. The summed E-state index contributed by atoms with van der Waals surface area (Å²) in [6, 6.07) is 11.6. The number of ether oxygens (including phenoxy) is 1. The van der Waals surface area contributed by atoms with Crippen LogP contribution < -0.4 is 5.32 Å². The number of hydrogen-bond acceptors (Lipinski definition) is 3. The molecule has 0 heterocycles. The van der Waals surface area contributed by atoms with E-state index in [1.54, 1.807) is 30.3 Å². The van der Waals surface area contributed by atoms with E-state index in [2.05, 4.69) is 28.2 Å². The van der Waals surface area contributed by atoms with Crippen molar-refractivity contribution in [2.24, 2.45) is 0 Å². The molecular weight excluding hydrogens is 405 g/mol. The van der Waals surface area contributed by atoms with E-state index in [-0.39, 0.29) is 11.6 Å². The van der Waals surface area contributed by atoms with Gasteiger partial charge < -0.3 is 10.1 Å². The SMILES string of the molecule is CCCCOC(=S)Cc1cc(NC(=O)c2ccccc2)c(F)cc1Br. The summed E-state index contributed by atoms with van der Waals surface area (Å²) in [5.41, 5.74) is 1.33.